The Bertz CT molecular complexity index is 470. The lowest BCUT2D eigenvalue weighted by atomic mass is 10.1. The van der Waals surface area contributed by atoms with Crippen molar-refractivity contribution >= 4 is 5.91 Å². The Morgan fingerprint density at radius 3 is 2.90 bits per heavy atom. The van der Waals surface area contributed by atoms with Gasteiger partial charge in [0, 0.05) is 38.7 Å². The number of rotatable bonds is 5. The molecule has 6 heteroatoms. The zero-order valence-electron chi connectivity index (χ0n) is 12.6. The Balaban J connectivity index is 2.03. The number of fused-ring (bicyclic) bond motifs is 1. The normalized spacial score (nSPS) is 17.1. The number of methoxy groups -OCH3 is 1. The van der Waals surface area contributed by atoms with Gasteiger partial charge in [-0.2, -0.15) is 0 Å². The Labute approximate surface area is 119 Å². The van der Waals surface area contributed by atoms with E-state index >= 15 is 0 Å². The van der Waals surface area contributed by atoms with Crippen LogP contribution in [0, 0.1) is 0 Å². The molecule has 0 bridgehead atoms. The average molecular weight is 281 g/mol. The molecule has 1 aliphatic rings. The molecule has 0 radical (unpaired) electrons. The second-order valence-electron chi connectivity index (χ2n) is 5.53. The number of carbonyl (C=O) groups excluding carboxylic acids is 1. The number of aromatic nitrogens is 1. The summed E-state index contributed by atoms with van der Waals surface area (Å²) in [5, 5.41) is 2.81. The van der Waals surface area contributed by atoms with Crippen LogP contribution in [0.3, 0.4) is 0 Å². The van der Waals surface area contributed by atoms with Crippen molar-refractivity contribution in [2.24, 2.45) is 0 Å². The van der Waals surface area contributed by atoms with E-state index in [9.17, 15) is 4.79 Å². The molecule has 0 aliphatic carbocycles. The van der Waals surface area contributed by atoms with Crippen molar-refractivity contribution in [2.75, 3.05) is 20.3 Å². The molecule has 0 unspecified atom stereocenters. The molecular weight excluding hydrogens is 258 g/mol. The van der Waals surface area contributed by atoms with E-state index in [1.807, 2.05) is 6.92 Å². The van der Waals surface area contributed by atoms with Gasteiger partial charge in [-0.15, -0.1) is 0 Å². The summed E-state index contributed by atoms with van der Waals surface area (Å²) in [4.78, 5) is 18.7. The van der Waals surface area contributed by atoms with E-state index in [0.29, 0.717) is 12.6 Å². The largest absolute Gasteiger partial charge is 0.437 e. The molecular formula is C14H23N3O3. The van der Waals surface area contributed by atoms with Gasteiger partial charge in [0.2, 0.25) is 0 Å². The number of ether oxygens (including phenoxy) is 1. The van der Waals surface area contributed by atoms with E-state index < -0.39 is 0 Å². The summed E-state index contributed by atoms with van der Waals surface area (Å²) in [6, 6.07) is 0.405. The fourth-order valence-electron chi connectivity index (χ4n) is 2.33. The van der Waals surface area contributed by atoms with E-state index in [0.717, 1.165) is 31.0 Å². The van der Waals surface area contributed by atoms with Crippen LogP contribution in [-0.2, 0) is 17.7 Å². The van der Waals surface area contributed by atoms with Crippen molar-refractivity contribution < 1.29 is 13.9 Å². The molecule has 1 aromatic rings. The quantitative estimate of drug-likeness (QED) is 0.878. The predicted molar refractivity (Wildman–Crippen MR) is 74.6 cm³/mol. The maximum Gasteiger partial charge on any atom is 0.307 e. The van der Waals surface area contributed by atoms with E-state index in [4.69, 9.17) is 9.15 Å². The minimum atomic E-state index is -0.278. The maximum atomic E-state index is 12.0. The van der Waals surface area contributed by atoms with Gasteiger partial charge in [-0.05, 0) is 20.8 Å². The number of nitrogens with one attached hydrogen (secondary N) is 1. The number of oxazole rings is 1. The van der Waals surface area contributed by atoms with Crippen LogP contribution in [0.25, 0.3) is 0 Å². The molecule has 0 saturated heterocycles. The van der Waals surface area contributed by atoms with E-state index in [1.165, 1.54) is 0 Å². The Kier molecular flexibility index (Phi) is 4.77. The van der Waals surface area contributed by atoms with Gasteiger partial charge in [-0.25, -0.2) is 4.98 Å². The minimum absolute atomic E-state index is 0.0661. The van der Waals surface area contributed by atoms with Crippen LogP contribution in [0.5, 0.6) is 0 Å². The lowest BCUT2D eigenvalue weighted by Crippen LogP contribution is -2.36. The summed E-state index contributed by atoms with van der Waals surface area (Å²) in [6.45, 7) is 8.35. The highest BCUT2D eigenvalue weighted by molar-refractivity contribution is 5.89. The molecule has 0 fully saturated rings. The number of amides is 1. The van der Waals surface area contributed by atoms with Crippen molar-refractivity contribution in [2.45, 2.75) is 45.8 Å². The molecule has 1 aliphatic heterocycles. The zero-order valence-corrected chi connectivity index (χ0v) is 12.6. The van der Waals surface area contributed by atoms with Crippen molar-refractivity contribution in [3.63, 3.8) is 0 Å². The zero-order chi connectivity index (χ0) is 14.7. The Morgan fingerprint density at radius 1 is 1.50 bits per heavy atom. The molecule has 2 rings (SSSR count). The highest BCUT2D eigenvalue weighted by atomic mass is 16.5. The molecule has 1 N–H and O–H groups in total. The second-order valence-corrected chi connectivity index (χ2v) is 5.53. The molecule has 0 spiro atoms. The molecule has 112 valence electrons. The third-order valence-electron chi connectivity index (χ3n) is 3.48. The van der Waals surface area contributed by atoms with Crippen molar-refractivity contribution in [1.82, 2.24) is 15.2 Å². The smallest absolute Gasteiger partial charge is 0.307 e. The number of hydrogen-bond donors (Lipinski definition) is 1. The van der Waals surface area contributed by atoms with Crippen LogP contribution < -0.4 is 5.32 Å². The van der Waals surface area contributed by atoms with E-state index in [-0.39, 0.29) is 17.8 Å². The first-order chi connectivity index (χ1) is 9.51. The third kappa shape index (κ3) is 3.37. The molecule has 20 heavy (non-hydrogen) atoms. The van der Waals surface area contributed by atoms with Crippen LogP contribution in [0.15, 0.2) is 4.42 Å². The lowest BCUT2D eigenvalue weighted by Gasteiger charge is -2.28. The molecule has 0 aromatic carbocycles. The van der Waals surface area contributed by atoms with Gasteiger partial charge in [-0.1, -0.05) is 0 Å². The molecule has 2 heterocycles. The van der Waals surface area contributed by atoms with Gasteiger partial charge in [0.15, 0.2) is 0 Å². The SMILES string of the molecule is COC[C@H](C)NC(=O)c1nc2c(o1)CCN(C(C)C)C2. The Hall–Kier alpha value is -1.40. The molecule has 1 aromatic heterocycles. The van der Waals surface area contributed by atoms with Crippen molar-refractivity contribution in [3.05, 3.63) is 17.3 Å². The van der Waals surface area contributed by atoms with E-state index in [1.54, 1.807) is 7.11 Å². The summed E-state index contributed by atoms with van der Waals surface area (Å²) in [5.74, 6) is 0.718. The van der Waals surface area contributed by atoms with Gasteiger partial charge >= 0.3 is 5.91 Å². The topological polar surface area (TPSA) is 67.6 Å². The van der Waals surface area contributed by atoms with Crippen molar-refractivity contribution in [3.8, 4) is 0 Å². The second kappa shape index (κ2) is 6.37. The summed E-state index contributed by atoms with van der Waals surface area (Å²) >= 11 is 0. The van der Waals surface area contributed by atoms with E-state index in [2.05, 4.69) is 29.0 Å². The van der Waals surface area contributed by atoms with Crippen LogP contribution in [0.2, 0.25) is 0 Å². The number of nitrogens with zero attached hydrogens (tertiary/aromatic N) is 2. The number of carbonyl (C=O) groups is 1. The van der Waals surface area contributed by atoms with Crippen LogP contribution in [0.4, 0.5) is 0 Å². The fraction of sp³-hybridized carbons (Fsp3) is 0.714. The van der Waals surface area contributed by atoms with Gasteiger partial charge in [0.05, 0.1) is 12.3 Å². The molecule has 0 saturated carbocycles. The van der Waals surface area contributed by atoms with Crippen LogP contribution >= 0.6 is 0 Å². The van der Waals surface area contributed by atoms with Crippen LogP contribution in [0.1, 0.15) is 42.9 Å². The number of hydrogen-bond acceptors (Lipinski definition) is 5. The van der Waals surface area contributed by atoms with Gasteiger partial charge in [0.25, 0.3) is 5.89 Å². The monoisotopic (exact) mass is 281 g/mol. The van der Waals surface area contributed by atoms with Gasteiger partial charge < -0.3 is 14.5 Å². The lowest BCUT2D eigenvalue weighted by molar-refractivity contribution is 0.0869. The minimum Gasteiger partial charge on any atom is -0.437 e. The first-order valence-corrected chi connectivity index (χ1v) is 7.03. The molecule has 6 nitrogen and oxygen atoms in total. The molecule has 1 atom stereocenters. The standard InChI is InChI=1S/C14H23N3O3/c1-9(2)17-6-5-12-11(7-17)16-14(20-12)13(18)15-10(3)8-19-4/h9-10H,5-8H2,1-4H3,(H,15,18)/t10-/m0/s1. The summed E-state index contributed by atoms with van der Waals surface area (Å²) < 4.78 is 10.6. The summed E-state index contributed by atoms with van der Waals surface area (Å²) in [5.41, 5.74) is 0.884. The van der Waals surface area contributed by atoms with Gasteiger partial charge in [-0.3, -0.25) is 9.69 Å². The maximum absolute atomic E-state index is 12.0. The summed E-state index contributed by atoms with van der Waals surface area (Å²) in [6.07, 6.45) is 0.807. The van der Waals surface area contributed by atoms with Crippen LogP contribution in [-0.4, -0.2) is 48.1 Å². The van der Waals surface area contributed by atoms with Crippen molar-refractivity contribution in [1.29, 1.82) is 0 Å². The average Bonchev–Trinajstić information content (AvgIpc) is 2.81. The highest BCUT2D eigenvalue weighted by Crippen LogP contribution is 2.21. The first-order valence-electron chi connectivity index (χ1n) is 7.03. The molecule has 1 amide bonds. The Morgan fingerprint density at radius 2 is 2.25 bits per heavy atom. The predicted octanol–water partition coefficient (Wildman–Crippen LogP) is 1.21. The third-order valence-corrected chi connectivity index (χ3v) is 3.48. The fourth-order valence-corrected chi connectivity index (χ4v) is 2.33. The van der Waals surface area contributed by atoms with Gasteiger partial charge in [0.1, 0.15) is 5.76 Å². The summed E-state index contributed by atoms with van der Waals surface area (Å²) in [7, 11) is 1.60. The first kappa shape index (κ1) is 15.0. The highest BCUT2D eigenvalue weighted by Gasteiger charge is 2.26.